The Morgan fingerprint density at radius 2 is 1.71 bits per heavy atom. The largest absolute Gasteiger partial charge is 0.366 e. The van der Waals surface area contributed by atoms with Gasteiger partial charge in [-0.15, -0.1) is 0 Å². The highest BCUT2D eigenvalue weighted by molar-refractivity contribution is 6.05. The van der Waals surface area contributed by atoms with Gasteiger partial charge in [-0.25, -0.2) is 17.6 Å². The van der Waals surface area contributed by atoms with Crippen LogP contribution in [0.4, 0.5) is 23.2 Å². The van der Waals surface area contributed by atoms with Gasteiger partial charge >= 0.3 is 0 Å². The van der Waals surface area contributed by atoms with Gasteiger partial charge in [0, 0.05) is 29.9 Å². The SMILES string of the molecule is NC(=O)c1cc(-c2cccnc2C(Cc2cc(F)cc(F)c2)NC(=O)CC2C(=O)Nc3cc(F)ccc32)ccc1F. The van der Waals surface area contributed by atoms with Crippen molar-refractivity contribution in [2.75, 3.05) is 5.32 Å². The van der Waals surface area contributed by atoms with E-state index < -0.39 is 53.0 Å². The number of hydrogen-bond acceptors (Lipinski definition) is 4. The second-order valence-corrected chi connectivity index (χ2v) is 9.57. The summed E-state index contributed by atoms with van der Waals surface area (Å²) in [5.74, 6) is -5.93. The van der Waals surface area contributed by atoms with E-state index in [4.69, 9.17) is 5.73 Å². The zero-order valence-corrected chi connectivity index (χ0v) is 21.3. The molecule has 2 unspecified atom stereocenters. The Balaban J connectivity index is 1.51. The molecule has 0 saturated heterocycles. The number of nitrogens with zero attached hydrogens (tertiary/aromatic N) is 1. The van der Waals surface area contributed by atoms with Crippen LogP contribution in [-0.2, 0) is 16.0 Å². The van der Waals surface area contributed by atoms with Gasteiger partial charge in [-0.3, -0.25) is 19.4 Å². The maximum Gasteiger partial charge on any atom is 0.251 e. The Hall–Kier alpha value is -5.06. The first-order chi connectivity index (χ1) is 19.6. The lowest BCUT2D eigenvalue weighted by Gasteiger charge is -2.22. The number of carbonyl (C=O) groups is 3. The molecule has 0 bridgehead atoms. The summed E-state index contributed by atoms with van der Waals surface area (Å²) in [6.45, 7) is 0. The van der Waals surface area contributed by atoms with E-state index in [0.29, 0.717) is 22.8 Å². The summed E-state index contributed by atoms with van der Waals surface area (Å²) in [5, 5.41) is 5.36. The fourth-order valence-corrected chi connectivity index (χ4v) is 4.94. The molecule has 41 heavy (non-hydrogen) atoms. The molecular formula is C30H22F4N4O3. The molecular weight excluding hydrogens is 540 g/mol. The molecule has 2 atom stereocenters. The van der Waals surface area contributed by atoms with E-state index in [9.17, 15) is 31.9 Å². The van der Waals surface area contributed by atoms with Crippen molar-refractivity contribution in [3.63, 3.8) is 0 Å². The summed E-state index contributed by atoms with van der Waals surface area (Å²) >= 11 is 0. The van der Waals surface area contributed by atoms with Crippen molar-refractivity contribution in [3.05, 3.63) is 119 Å². The van der Waals surface area contributed by atoms with Crippen molar-refractivity contribution in [2.45, 2.75) is 24.8 Å². The van der Waals surface area contributed by atoms with Crippen LogP contribution in [0.5, 0.6) is 0 Å². The molecule has 0 radical (unpaired) electrons. The fraction of sp³-hybridized carbons (Fsp3) is 0.133. The van der Waals surface area contributed by atoms with Crippen LogP contribution in [0.25, 0.3) is 11.1 Å². The van der Waals surface area contributed by atoms with Gasteiger partial charge in [-0.2, -0.15) is 0 Å². The van der Waals surface area contributed by atoms with Gasteiger partial charge in [0.1, 0.15) is 23.3 Å². The van der Waals surface area contributed by atoms with Crippen LogP contribution in [0.2, 0.25) is 0 Å². The van der Waals surface area contributed by atoms with Crippen molar-refractivity contribution in [1.29, 1.82) is 0 Å². The normalized spacial score (nSPS) is 14.7. The van der Waals surface area contributed by atoms with Crippen LogP contribution in [0.15, 0.2) is 72.9 Å². The van der Waals surface area contributed by atoms with E-state index >= 15 is 0 Å². The number of halogens is 4. The molecule has 4 aromatic rings. The molecule has 0 spiro atoms. The number of nitrogens with two attached hydrogens (primary N) is 1. The molecule has 3 amide bonds. The predicted octanol–water partition coefficient (Wildman–Crippen LogP) is 4.93. The van der Waals surface area contributed by atoms with Gasteiger partial charge in [-0.1, -0.05) is 18.2 Å². The van der Waals surface area contributed by atoms with Gasteiger partial charge in [0.2, 0.25) is 11.8 Å². The van der Waals surface area contributed by atoms with Gasteiger partial charge in [0.05, 0.1) is 23.2 Å². The van der Waals surface area contributed by atoms with Gasteiger partial charge in [0.25, 0.3) is 5.91 Å². The Morgan fingerprint density at radius 3 is 2.44 bits per heavy atom. The summed E-state index contributed by atoms with van der Waals surface area (Å²) < 4.78 is 55.9. The van der Waals surface area contributed by atoms with Crippen LogP contribution < -0.4 is 16.4 Å². The number of primary amides is 1. The lowest BCUT2D eigenvalue weighted by atomic mass is 9.93. The topological polar surface area (TPSA) is 114 Å². The van der Waals surface area contributed by atoms with E-state index in [-0.39, 0.29) is 35.3 Å². The monoisotopic (exact) mass is 562 g/mol. The van der Waals surface area contributed by atoms with Gasteiger partial charge in [-0.05, 0) is 65.6 Å². The van der Waals surface area contributed by atoms with E-state index in [2.05, 4.69) is 15.6 Å². The van der Waals surface area contributed by atoms with Gasteiger partial charge in [0.15, 0.2) is 0 Å². The third kappa shape index (κ3) is 5.93. The second-order valence-electron chi connectivity index (χ2n) is 9.57. The Labute approximate surface area is 231 Å². The lowest BCUT2D eigenvalue weighted by molar-refractivity contribution is -0.125. The minimum Gasteiger partial charge on any atom is -0.366 e. The van der Waals surface area contributed by atoms with Crippen molar-refractivity contribution in [1.82, 2.24) is 10.3 Å². The van der Waals surface area contributed by atoms with Crippen LogP contribution in [0.1, 0.15) is 45.6 Å². The average Bonchev–Trinajstić information content (AvgIpc) is 3.21. The summed E-state index contributed by atoms with van der Waals surface area (Å²) in [6, 6.07) is 12.7. The molecule has 11 heteroatoms. The first-order valence-electron chi connectivity index (χ1n) is 12.5. The Bertz CT molecular complexity index is 1670. The third-order valence-corrected chi connectivity index (χ3v) is 6.76. The maximum absolute atomic E-state index is 14.2. The van der Waals surface area contributed by atoms with E-state index in [1.54, 1.807) is 12.1 Å². The zero-order valence-electron chi connectivity index (χ0n) is 21.3. The summed E-state index contributed by atoms with van der Waals surface area (Å²) in [7, 11) is 0. The molecule has 2 heterocycles. The molecule has 1 aromatic heterocycles. The number of pyridine rings is 1. The molecule has 0 aliphatic carbocycles. The van der Waals surface area contributed by atoms with Crippen LogP contribution >= 0.6 is 0 Å². The number of aromatic nitrogens is 1. The quantitative estimate of drug-likeness (QED) is 0.264. The lowest BCUT2D eigenvalue weighted by Crippen LogP contribution is -2.33. The smallest absolute Gasteiger partial charge is 0.251 e. The number of fused-ring (bicyclic) bond motifs is 1. The van der Waals surface area contributed by atoms with Crippen LogP contribution in [0, 0.1) is 23.3 Å². The summed E-state index contributed by atoms with van der Waals surface area (Å²) in [4.78, 5) is 42.1. The van der Waals surface area contributed by atoms with Crippen molar-refractivity contribution >= 4 is 23.4 Å². The number of amides is 3. The number of anilines is 1. The van der Waals surface area contributed by atoms with Crippen LogP contribution in [0.3, 0.4) is 0 Å². The standard InChI is InChI=1S/C30H22F4N4O3/c31-17-4-5-21-22(30(41)38-25(21)13-17)14-27(39)37-26(10-15-8-18(32)12-19(33)9-15)28-20(2-1-7-36-28)16-3-6-24(34)23(11-16)29(35)40/h1-9,11-13,22,26H,10,14H2,(H2,35,40)(H,37,39)(H,38,41). The Morgan fingerprint density at radius 1 is 0.951 bits per heavy atom. The molecule has 208 valence electrons. The van der Waals surface area contributed by atoms with Crippen molar-refractivity contribution in [3.8, 4) is 11.1 Å². The average molecular weight is 563 g/mol. The molecule has 4 N–H and O–H groups in total. The molecule has 7 nitrogen and oxygen atoms in total. The highest BCUT2D eigenvalue weighted by Crippen LogP contribution is 2.36. The third-order valence-electron chi connectivity index (χ3n) is 6.76. The van der Waals surface area contributed by atoms with E-state index in [1.165, 1.54) is 30.5 Å². The van der Waals surface area contributed by atoms with Crippen LogP contribution in [-0.4, -0.2) is 22.7 Å². The van der Waals surface area contributed by atoms with Gasteiger partial charge < -0.3 is 16.4 Å². The molecule has 3 aromatic carbocycles. The second kappa shape index (κ2) is 11.2. The zero-order chi connectivity index (χ0) is 29.3. The minimum atomic E-state index is -0.982. The fourth-order valence-electron chi connectivity index (χ4n) is 4.94. The summed E-state index contributed by atoms with van der Waals surface area (Å²) in [6.07, 6.45) is 1.04. The molecule has 5 rings (SSSR count). The Kier molecular flexibility index (Phi) is 7.52. The molecule has 1 aliphatic heterocycles. The number of benzene rings is 3. The van der Waals surface area contributed by atoms with Crippen molar-refractivity contribution < 1.29 is 31.9 Å². The first-order valence-corrected chi connectivity index (χ1v) is 12.5. The number of carbonyl (C=O) groups excluding carboxylic acids is 3. The molecule has 0 saturated carbocycles. The number of hydrogen-bond donors (Lipinski definition) is 3. The molecule has 1 aliphatic rings. The maximum atomic E-state index is 14.2. The minimum absolute atomic E-state index is 0.104. The molecule has 0 fully saturated rings. The highest BCUT2D eigenvalue weighted by atomic mass is 19.1. The predicted molar refractivity (Wildman–Crippen MR) is 141 cm³/mol. The van der Waals surface area contributed by atoms with Crippen molar-refractivity contribution in [2.24, 2.45) is 5.73 Å². The number of rotatable bonds is 8. The van der Waals surface area contributed by atoms with E-state index in [0.717, 1.165) is 24.3 Å². The van der Waals surface area contributed by atoms with E-state index in [1.807, 2.05) is 0 Å². The highest BCUT2D eigenvalue weighted by Gasteiger charge is 2.33. The summed E-state index contributed by atoms with van der Waals surface area (Å²) in [5.41, 5.74) is 6.91. The first kappa shape index (κ1) is 27.5. The number of nitrogens with one attached hydrogen (secondary N) is 2.